The van der Waals surface area contributed by atoms with Crippen molar-refractivity contribution in [1.29, 1.82) is 0 Å². The monoisotopic (exact) mass is 295 g/mol. The van der Waals surface area contributed by atoms with Gasteiger partial charge in [-0.15, -0.1) is 0 Å². The molecule has 0 spiro atoms. The zero-order valence-electron chi connectivity index (χ0n) is 10.7. The summed E-state index contributed by atoms with van der Waals surface area (Å²) < 4.78 is 0. The first-order valence-electron chi connectivity index (χ1n) is 6.06. The molecule has 3 rings (SSSR count). The zero-order valence-corrected chi connectivity index (χ0v) is 11.5. The molecule has 1 aromatic heterocycles. The number of fused-ring (bicyclic) bond motifs is 1. The van der Waals surface area contributed by atoms with Crippen molar-refractivity contribution in [2.75, 3.05) is 13.6 Å². The van der Waals surface area contributed by atoms with Crippen LogP contribution in [0.3, 0.4) is 0 Å². The predicted octanol–water partition coefficient (Wildman–Crippen LogP) is -0.495. The highest BCUT2D eigenvalue weighted by atomic mass is 32.1. The summed E-state index contributed by atoms with van der Waals surface area (Å²) in [5.41, 5.74) is 6.04. The number of hydroxylamine groups is 2. The Morgan fingerprint density at radius 1 is 1.45 bits per heavy atom. The lowest BCUT2D eigenvalue weighted by Crippen LogP contribution is -2.38. The number of imide groups is 1. The normalized spacial score (nSPS) is 30.1. The SMILES string of the molecule is CN1C(=O)C2ON(CC(N)=O)C(c3ccsc3)C2C1=O. The van der Waals surface area contributed by atoms with Crippen molar-refractivity contribution in [3.05, 3.63) is 22.4 Å². The topological polar surface area (TPSA) is 92.9 Å². The van der Waals surface area contributed by atoms with E-state index in [4.69, 9.17) is 10.6 Å². The molecule has 3 unspecified atom stereocenters. The number of primary amides is 1. The minimum absolute atomic E-state index is 0.155. The van der Waals surface area contributed by atoms with Crippen molar-refractivity contribution >= 4 is 29.1 Å². The molecule has 106 valence electrons. The predicted molar refractivity (Wildman–Crippen MR) is 69.1 cm³/mol. The number of nitrogens with two attached hydrogens (primary N) is 1. The number of hydrogen-bond acceptors (Lipinski definition) is 6. The minimum Gasteiger partial charge on any atom is -0.368 e. The van der Waals surface area contributed by atoms with E-state index < -0.39 is 24.0 Å². The molecule has 2 fully saturated rings. The average Bonchev–Trinajstić information content (AvgIpc) is 3.05. The van der Waals surface area contributed by atoms with Crippen LogP contribution in [0.15, 0.2) is 16.8 Å². The summed E-state index contributed by atoms with van der Waals surface area (Å²) in [6, 6.07) is 1.39. The second-order valence-electron chi connectivity index (χ2n) is 4.83. The van der Waals surface area contributed by atoms with Gasteiger partial charge in [0.25, 0.3) is 5.91 Å². The Kier molecular flexibility index (Phi) is 3.08. The van der Waals surface area contributed by atoms with Crippen LogP contribution in [0, 0.1) is 5.92 Å². The molecular weight excluding hydrogens is 282 g/mol. The molecule has 0 aliphatic carbocycles. The summed E-state index contributed by atoms with van der Waals surface area (Å²) in [4.78, 5) is 41.9. The largest absolute Gasteiger partial charge is 0.368 e. The van der Waals surface area contributed by atoms with Gasteiger partial charge in [0, 0.05) is 7.05 Å². The van der Waals surface area contributed by atoms with Crippen LogP contribution in [0.5, 0.6) is 0 Å². The maximum atomic E-state index is 12.2. The highest BCUT2D eigenvalue weighted by Gasteiger charge is 2.58. The van der Waals surface area contributed by atoms with Gasteiger partial charge in [0.1, 0.15) is 6.54 Å². The zero-order chi connectivity index (χ0) is 14.4. The summed E-state index contributed by atoms with van der Waals surface area (Å²) in [5, 5.41) is 5.10. The Hall–Kier alpha value is -1.77. The first-order chi connectivity index (χ1) is 9.50. The van der Waals surface area contributed by atoms with Crippen molar-refractivity contribution in [3.63, 3.8) is 0 Å². The van der Waals surface area contributed by atoms with Crippen LogP contribution in [0.25, 0.3) is 0 Å². The van der Waals surface area contributed by atoms with Crippen LogP contribution in [0.2, 0.25) is 0 Å². The molecule has 2 aliphatic heterocycles. The Morgan fingerprint density at radius 2 is 2.20 bits per heavy atom. The summed E-state index contributed by atoms with van der Waals surface area (Å²) in [5.74, 6) is -1.87. The van der Waals surface area contributed by atoms with Gasteiger partial charge in [0.15, 0.2) is 6.10 Å². The van der Waals surface area contributed by atoms with Crippen LogP contribution >= 0.6 is 11.3 Å². The van der Waals surface area contributed by atoms with E-state index in [1.54, 1.807) is 0 Å². The molecule has 0 bridgehead atoms. The van der Waals surface area contributed by atoms with E-state index in [9.17, 15) is 14.4 Å². The maximum absolute atomic E-state index is 12.2. The Morgan fingerprint density at radius 3 is 2.80 bits per heavy atom. The Balaban J connectivity index is 1.98. The van der Waals surface area contributed by atoms with E-state index in [2.05, 4.69) is 0 Å². The summed E-state index contributed by atoms with van der Waals surface area (Å²) in [7, 11) is 1.44. The number of likely N-dealkylation sites (N-methyl/N-ethyl adjacent to an activating group) is 1. The van der Waals surface area contributed by atoms with Crippen LogP contribution in [0.4, 0.5) is 0 Å². The van der Waals surface area contributed by atoms with Gasteiger partial charge in [-0.25, -0.2) is 0 Å². The standard InChI is InChI=1S/C12H13N3O4S/c1-14-11(17)8-9(6-2-3-20-5-6)15(4-7(13)16)19-10(8)12(14)18/h2-3,5,8-10H,4H2,1H3,(H2,13,16). The summed E-state index contributed by atoms with van der Waals surface area (Å²) >= 11 is 1.48. The van der Waals surface area contributed by atoms with Crippen molar-refractivity contribution in [2.24, 2.45) is 11.7 Å². The number of amides is 3. The fourth-order valence-electron chi connectivity index (χ4n) is 2.71. The van der Waals surface area contributed by atoms with Gasteiger partial charge in [-0.3, -0.25) is 24.1 Å². The maximum Gasteiger partial charge on any atom is 0.261 e. The molecule has 1 aromatic rings. The molecule has 2 aliphatic rings. The summed E-state index contributed by atoms with van der Waals surface area (Å²) in [6.07, 6.45) is -0.864. The van der Waals surface area contributed by atoms with Crippen molar-refractivity contribution < 1.29 is 19.2 Å². The average molecular weight is 295 g/mol. The molecular formula is C12H13N3O4S. The first-order valence-corrected chi connectivity index (χ1v) is 7.00. The van der Waals surface area contributed by atoms with E-state index in [1.165, 1.54) is 23.4 Å². The molecule has 0 saturated carbocycles. The van der Waals surface area contributed by atoms with Crippen LogP contribution in [-0.4, -0.2) is 47.4 Å². The third kappa shape index (κ3) is 1.84. The van der Waals surface area contributed by atoms with Crippen molar-refractivity contribution in [3.8, 4) is 0 Å². The highest BCUT2D eigenvalue weighted by Crippen LogP contribution is 2.44. The van der Waals surface area contributed by atoms with Gasteiger partial charge < -0.3 is 5.73 Å². The summed E-state index contributed by atoms with van der Waals surface area (Å²) in [6.45, 7) is -0.155. The Bertz CT molecular complexity index is 573. The molecule has 3 atom stereocenters. The second-order valence-corrected chi connectivity index (χ2v) is 5.61. The molecule has 2 saturated heterocycles. The molecule has 7 nitrogen and oxygen atoms in total. The van der Waals surface area contributed by atoms with E-state index in [0.717, 1.165) is 10.5 Å². The Labute approximate surface area is 118 Å². The molecule has 3 amide bonds. The molecule has 8 heteroatoms. The fraction of sp³-hybridized carbons (Fsp3) is 0.417. The number of rotatable bonds is 3. The van der Waals surface area contributed by atoms with Gasteiger partial charge in [-0.2, -0.15) is 16.4 Å². The molecule has 2 N–H and O–H groups in total. The quantitative estimate of drug-likeness (QED) is 0.759. The molecule has 0 aromatic carbocycles. The van der Waals surface area contributed by atoms with Gasteiger partial charge in [-0.1, -0.05) is 0 Å². The van der Waals surface area contributed by atoms with Gasteiger partial charge >= 0.3 is 0 Å². The highest BCUT2D eigenvalue weighted by molar-refractivity contribution is 7.08. The smallest absolute Gasteiger partial charge is 0.261 e. The molecule has 0 radical (unpaired) electrons. The van der Waals surface area contributed by atoms with Crippen LogP contribution in [0.1, 0.15) is 11.6 Å². The third-order valence-corrected chi connectivity index (χ3v) is 4.31. The first kappa shape index (κ1) is 13.2. The number of thiophene rings is 1. The molecule has 3 heterocycles. The number of nitrogens with zero attached hydrogens (tertiary/aromatic N) is 2. The minimum atomic E-state index is -0.864. The van der Waals surface area contributed by atoms with E-state index in [-0.39, 0.29) is 18.4 Å². The van der Waals surface area contributed by atoms with Crippen molar-refractivity contribution in [2.45, 2.75) is 12.1 Å². The fourth-order valence-corrected chi connectivity index (χ4v) is 3.40. The number of hydrogen-bond donors (Lipinski definition) is 1. The van der Waals surface area contributed by atoms with Gasteiger partial charge in [0.05, 0.1) is 12.0 Å². The van der Waals surface area contributed by atoms with E-state index >= 15 is 0 Å². The van der Waals surface area contributed by atoms with E-state index in [0.29, 0.717) is 0 Å². The lowest BCUT2D eigenvalue weighted by Gasteiger charge is -2.24. The lowest BCUT2D eigenvalue weighted by molar-refractivity contribution is -0.181. The third-order valence-electron chi connectivity index (χ3n) is 3.61. The number of carbonyl (C=O) groups excluding carboxylic acids is 3. The van der Waals surface area contributed by atoms with Crippen LogP contribution in [-0.2, 0) is 19.2 Å². The second kappa shape index (κ2) is 4.65. The molecule has 20 heavy (non-hydrogen) atoms. The van der Waals surface area contributed by atoms with Crippen molar-refractivity contribution in [1.82, 2.24) is 9.96 Å². The number of carbonyl (C=O) groups is 3. The lowest BCUT2D eigenvalue weighted by atomic mass is 9.92. The van der Waals surface area contributed by atoms with Gasteiger partial charge in [-0.05, 0) is 22.4 Å². The van der Waals surface area contributed by atoms with E-state index in [1.807, 2.05) is 16.8 Å². The van der Waals surface area contributed by atoms with Crippen LogP contribution < -0.4 is 5.73 Å². The van der Waals surface area contributed by atoms with Gasteiger partial charge in [0.2, 0.25) is 11.8 Å². The number of likely N-dealkylation sites (tertiary alicyclic amines) is 1.